The fraction of sp³-hybridized carbons (Fsp3) is 0.500. The third kappa shape index (κ3) is 6.13. The van der Waals surface area contributed by atoms with Crippen LogP contribution in [0.1, 0.15) is 30.6 Å². The molecule has 2 N–H and O–H groups in total. The fourth-order valence-electron chi connectivity index (χ4n) is 1.88. The molecule has 0 saturated heterocycles. The lowest BCUT2D eigenvalue weighted by atomic mass is 10.0. The minimum atomic E-state index is -1.03. The van der Waals surface area contributed by atoms with E-state index in [0.29, 0.717) is 30.9 Å². The van der Waals surface area contributed by atoms with Crippen LogP contribution in [0.15, 0.2) is 24.3 Å². The summed E-state index contributed by atoms with van der Waals surface area (Å²) < 4.78 is 10.3. The minimum absolute atomic E-state index is 0.179. The molecule has 0 fully saturated rings. The van der Waals surface area contributed by atoms with Gasteiger partial charge in [-0.2, -0.15) is 0 Å². The standard InChI is InChI=1S/C16H23NO5/c1-11(2)10-14(16(19)20)17-15(18)12-4-6-13(7-5-12)22-9-8-21-3/h4-7,11,14H,8-10H2,1-3H3,(H,17,18)(H,19,20)/t14-/m1/s1. The smallest absolute Gasteiger partial charge is 0.326 e. The molecular weight excluding hydrogens is 286 g/mol. The van der Waals surface area contributed by atoms with Crippen molar-refractivity contribution in [2.45, 2.75) is 26.3 Å². The first-order valence-electron chi connectivity index (χ1n) is 7.19. The van der Waals surface area contributed by atoms with Crippen molar-refractivity contribution in [3.8, 4) is 5.75 Å². The lowest BCUT2D eigenvalue weighted by molar-refractivity contribution is -0.139. The van der Waals surface area contributed by atoms with Crippen LogP contribution in [0, 0.1) is 5.92 Å². The molecule has 1 aromatic carbocycles. The number of hydrogen-bond donors (Lipinski definition) is 2. The number of methoxy groups -OCH3 is 1. The molecule has 0 aromatic heterocycles. The van der Waals surface area contributed by atoms with Crippen molar-refractivity contribution < 1.29 is 24.2 Å². The monoisotopic (exact) mass is 309 g/mol. The van der Waals surface area contributed by atoms with Gasteiger partial charge in [-0.1, -0.05) is 13.8 Å². The lowest BCUT2D eigenvalue weighted by Gasteiger charge is -2.16. The van der Waals surface area contributed by atoms with Gasteiger partial charge in [0.15, 0.2) is 0 Å². The van der Waals surface area contributed by atoms with Gasteiger partial charge in [-0.15, -0.1) is 0 Å². The Bertz CT molecular complexity index is 484. The third-order valence-corrected chi connectivity index (χ3v) is 2.98. The van der Waals surface area contributed by atoms with E-state index >= 15 is 0 Å². The highest BCUT2D eigenvalue weighted by atomic mass is 16.5. The van der Waals surface area contributed by atoms with E-state index in [9.17, 15) is 9.59 Å². The van der Waals surface area contributed by atoms with Crippen molar-refractivity contribution in [2.75, 3.05) is 20.3 Å². The van der Waals surface area contributed by atoms with Gasteiger partial charge in [0.25, 0.3) is 5.91 Å². The van der Waals surface area contributed by atoms with E-state index in [1.807, 2.05) is 13.8 Å². The summed E-state index contributed by atoms with van der Waals surface area (Å²) in [6.07, 6.45) is 0.388. The van der Waals surface area contributed by atoms with Crippen molar-refractivity contribution in [3.63, 3.8) is 0 Å². The number of ether oxygens (including phenoxy) is 2. The first kappa shape index (κ1) is 18.0. The molecule has 0 heterocycles. The molecular formula is C16H23NO5. The Labute approximate surface area is 130 Å². The van der Waals surface area contributed by atoms with Crippen molar-refractivity contribution in [1.82, 2.24) is 5.32 Å². The Morgan fingerprint density at radius 1 is 1.18 bits per heavy atom. The number of carbonyl (C=O) groups excluding carboxylic acids is 1. The van der Waals surface area contributed by atoms with Gasteiger partial charge in [-0.25, -0.2) is 4.79 Å². The maximum absolute atomic E-state index is 12.1. The summed E-state index contributed by atoms with van der Waals surface area (Å²) in [5, 5.41) is 11.7. The first-order valence-corrected chi connectivity index (χ1v) is 7.19. The number of carboxylic acids is 1. The first-order chi connectivity index (χ1) is 10.4. The molecule has 0 aliphatic rings. The highest BCUT2D eigenvalue weighted by molar-refractivity contribution is 5.96. The molecule has 0 spiro atoms. The van der Waals surface area contributed by atoms with Gasteiger partial charge in [-0.05, 0) is 36.6 Å². The number of nitrogens with one attached hydrogen (secondary N) is 1. The van der Waals surface area contributed by atoms with Gasteiger partial charge in [0, 0.05) is 12.7 Å². The lowest BCUT2D eigenvalue weighted by Crippen LogP contribution is -2.41. The average Bonchev–Trinajstić information content (AvgIpc) is 2.47. The summed E-state index contributed by atoms with van der Waals surface area (Å²) in [6.45, 7) is 4.73. The third-order valence-electron chi connectivity index (χ3n) is 2.98. The van der Waals surface area contributed by atoms with Gasteiger partial charge in [-0.3, -0.25) is 4.79 Å². The molecule has 1 amide bonds. The van der Waals surface area contributed by atoms with Crippen LogP contribution in [0.5, 0.6) is 5.75 Å². The number of aliphatic carboxylic acids is 1. The van der Waals surface area contributed by atoms with E-state index in [2.05, 4.69) is 5.32 Å². The van der Waals surface area contributed by atoms with Gasteiger partial charge < -0.3 is 19.9 Å². The molecule has 0 unspecified atom stereocenters. The highest BCUT2D eigenvalue weighted by Gasteiger charge is 2.21. The Morgan fingerprint density at radius 2 is 1.82 bits per heavy atom. The van der Waals surface area contributed by atoms with Crippen molar-refractivity contribution in [2.24, 2.45) is 5.92 Å². The Balaban J connectivity index is 2.62. The summed E-state index contributed by atoms with van der Waals surface area (Å²) in [6, 6.07) is 5.66. The molecule has 0 bridgehead atoms. The Morgan fingerprint density at radius 3 is 2.32 bits per heavy atom. The van der Waals surface area contributed by atoms with Gasteiger partial charge in [0.2, 0.25) is 0 Å². The molecule has 22 heavy (non-hydrogen) atoms. The largest absolute Gasteiger partial charge is 0.491 e. The van der Waals surface area contributed by atoms with E-state index in [4.69, 9.17) is 14.6 Å². The summed E-state index contributed by atoms with van der Waals surface area (Å²) in [4.78, 5) is 23.2. The topological polar surface area (TPSA) is 84.9 Å². The van der Waals surface area contributed by atoms with Crippen LogP contribution in [0.2, 0.25) is 0 Å². The van der Waals surface area contributed by atoms with E-state index in [0.717, 1.165) is 0 Å². The van der Waals surface area contributed by atoms with E-state index in [1.54, 1.807) is 31.4 Å². The number of benzene rings is 1. The highest BCUT2D eigenvalue weighted by Crippen LogP contribution is 2.13. The van der Waals surface area contributed by atoms with Crippen LogP contribution in [0.25, 0.3) is 0 Å². The second-order valence-corrected chi connectivity index (χ2v) is 5.36. The van der Waals surface area contributed by atoms with Gasteiger partial charge in [0.05, 0.1) is 6.61 Å². The molecule has 1 atom stereocenters. The Hall–Kier alpha value is -2.08. The van der Waals surface area contributed by atoms with Crippen LogP contribution in [0.4, 0.5) is 0 Å². The summed E-state index contributed by atoms with van der Waals surface area (Å²) in [7, 11) is 1.59. The second-order valence-electron chi connectivity index (χ2n) is 5.36. The molecule has 0 radical (unpaired) electrons. The predicted octanol–water partition coefficient (Wildman–Crippen LogP) is 1.94. The molecule has 0 aliphatic carbocycles. The van der Waals surface area contributed by atoms with Crippen LogP contribution in [-0.4, -0.2) is 43.3 Å². The molecule has 122 valence electrons. The fourth-order valence-corrected chi connectivity index (χ4v) is 1.88. The van der Waals surface area contributed by atoms with Gasteiger partial charge in [0.1, 0.15) is 18.4 Å². The predicted molar refractivity (Wildman–Crippen MR) is 82.2 cm³/mol. The number of hydrogen-bond acceptors (Lipinski definition) is 4. The van der Waals surface area contributed by atoms with Gasteiger partial charge >= 0.3 is 5.97 Å². The van der Waals surface area contributed by atoms with Crippen LogP contribution in [0.3, 0.4) is 0 Å². The SMILES string of the molecule is COCCOc1ccc(C(=O)N[C@H](CC(C)C)C(=O)O)cc1. The van der Waals surface area contributed by atoms with E-state index < -0.39 is 17.9 Å². The zero-order valence-corrected chi connectivity index (χ0v) is 13.2. The molecule has 0 aliphatic heterocycles. The van der Waals surface area contributed by atoms with Crippen LogP contribution in [-0.2, 0) is 9.53 Å². The zero-order chi connectivity index (χ0) is 16.5. The number of rotatable bonds is 9. The number of amides is 1. The maximum Gasteiger partial charge on any atom is 0.326 e. The quantitative estimate of drug-likeness (QED) is 0.681. The second kappa shape index (κ2) is 9.04. The molecule has 6 heteroatoms. The minimum Gasteiger partial charge on any atom is -0.491 e. The summed E-state index contributed by atoms with van der Waals surface area (Å²) in [5.74, 6) is -0.624. The molecule has 0 saturated carbocycles. The van der Waals surface area contributed by atoms with Crippen LogP contribution < -0.4 is 10.1 Å². The van der Waals surface area contributed by atoms with Crippen molar-refractivity contribution in [1.29, 1.82) is 0 Å². The van der Waals surface area contributed by atoms with Crippen molar-refractivity contribution in [3.05, 3.63) is 29.8 Å². The zero-order valence-electron chi connectivity index (χ0n) is 13.2. The molecule has 1 aromatic rings. The molecule has 6 nitrogen and oxygen atoms in total. The molecule has 1 rings (SSSR count). The number of carboxylic acid groups (broad SMARTS) is 1. The summed E-state index contributed by atoms with van der Waals surface area (Å²) >= 11 is 0. The average molecular weight is 309 g/mol. The maximum atomic E-state index is 12.1. The summed E-state index contributed by atoms with van der Waals surface area (Å²) in [5.41, 5.74) is 0.397. The van der Waals surface area contributed by atoms with E-state index in [-0.39, 0.29) is 5.92 Å². The normalized spacial score (nSPS) is 12.0. The number of carbonyl (C=O) groups is 2. The Kier molecular flexibility index (Phi) is 7.39. The van der Waals surface area contributed by atoms with E-state index in [1.165, 1.54) is 0 Å². The van der Waals surface area contributed by atoms with Crippen LogP contribution >= 0.6 is 0 Å². The van der Waals surface area contributed by atoms with Crippen molar-refractivity contribution >= 4 is 11.9 Å².